The van der Waals surface area contributed by atoms with Crippen molar-refractivity contribution < 1.29 is 8.78 Å². The molecular weight excluding hydrogens is 290 g/mol. The predicted molar refractivity (Wildman–Crippen MR) is 83.2 cm³/mol. The Kier molecular flexibility index (Phi) is 5.45. The van der Waals surface area contributed by atoms with E-state index in [0.717, 1.165) is 6.07 Å². The van der Waals surface area contributed by atoms with Gasteiger partial charge in [0.25, 0.3) is 0 Å². The normalized spacial score (nSPS) is 13.1. The highest BCUT2D eigenvalue weighted by molar-refractivity contribution is 7.09. The van der Waals surface area contributed by atoms with Crippen molar-refractivity contribution in [2.24, 2.45) is 5.73 Å². The maximum Gasteiger partial charge on any atom is 0.163 e. The predicted octanol–water partition coefficient (Wildman–Crippen LogP) is 3.94. The summed E-state index contributed by atoms with van der Waals surface area (Å²) in [5.41, 5.74) is 6.19. The van der Waals surface area contributed by atoms with Gasteiger partial charge in [-0.05, 0) is 31.4 Å². The van der Waals surface area contributed by atoms with Crippen molar-refractivity contribution in [1.29, 1.82) is 0 Å². The summed E-state index contributed by atoms with van der Waals surface area (Å²) in [6, 6.07) is 8.12. The van der Waals surface area contributed by atoms with Crippen molar-refractivity contribution in [2.75, 3.05) is 6.54 Å². The summed E-state index contributed by atoms with van der Waals surface area (Å²) in [5.74, 6) is -1.63. The third-order valence-corrected chi connectivity index (χ3v) is 4.41. The van der Waals surface area contributed by atoms with E-state index in [1.54, 1.807) is 17.4 Å². The van der Waals surface area contributed by atoms with E-state index in [9.17, 15) is 8.78 Å². The molecule has 114 valence electrons. The Labute approximate surface area is 128 Å². The lowest BCUT2D eigenvalue weighted by Crippen LogP contribution is -2.38. The highest BCUT2D eigenvalue weighted by Gasteiger charge is 2.25. The number of hydrogen-bond donors (Lipinski definition) is 1. The minimum Gasteiger partial charge on any atom is -0.329 e. The Morgan fingerprint density at radius 2 is 1.95 bits per heavy atom. The zero-order chi connectivity index (χ0) is 15.4. The van der Waals surface area contributed by atoms with E-state index >= 15 is 0 Å². The molecule has 0 saturated carbocycles. The molecule has 0 amide bonds. The Hall–Kier alpha value is -1.30. The topological polar surface area (TPSA) is 29.3 Å². The monoisotopic (exact) mass is 310 g/mol. The summed E-state index contributed by atoms with van der Waals surface area (Å²) in [6.45, 7) is 4.98. The molecule has 2 rings (SSSR count). The zero-order valence-corrected chi connectivity index (χ0v) is 13.0. The van der Waals surface area contributed by atoms with Crippen LogP contribution in [0.4, 0.5) is 8.78 Å². The first-order valence-corrected chi connectivity index (χ1v) is 7.84. The van der Waals surface area contributed by atoms with Crippen LogP contribution < -0.4 is 5.73 Å². The molecule has 0 bridgehead atoms. The second kappa shape index (κ2) is 7.11. The van der Waals surface area contributed by atoms with E-state index < -0.39 is 11.6 Å². The minimum absolute atomic E-state index is 0.170. The summed E-state index contributed by atoms with van der Waals surface area (Å²) in [7, 11) is 0. The molecule has 0 aliphatic rings. The van der Waals surface area contributed by atoms with Crippen LogP contribution in [0.2, 0.25) is 0 Å². The van der Waals surface area contributed by atoms with Gasteiger partial charge in [0.15, 0.2) is 11.6 Å². The third kappa shape index (κ3) is 3.67. The summed E-state index contributed by atoms with van der Waals surface area (Å²) >= 11 is 1.65. The van der Waals surface area contributed by atoms with Crippen LogP contribution >= 0.6 is 11.3 Å². The average molecular weight is 310 g/mol. The number of nitrogens with two attached hydrogens (primary N) is 1. The van der Waals surface area contributed by atoms with Crippen LogP contribution in [-0.2, 0) is 6.54 Å². The second-order valence-electron chi connectivity index (χ2n) is 5.24. The lowest BCUT2D eigenvalue weighted by molar-refractivity contribution is 0.146. The average Bonchev–Trinajstić information content (AvgIpc) is 2.95. The van der Waals surface area contributed by atoms with E-state index in [4.69, 9.17) is 5.73 Å². The first-order chi connectivity index (χ1) is 10.0. The van der Waals surface area contributed by atoms with E-state index in [-0.39, 0.29) is 18.6 Å². The first-order valence-electron chi connectivity index (χ1n) is 6.96. The molecule has 1 heterocycles. The van der Waals surface area contributed by atoms with E-state index in [0.29, 0.717) is 12.1 Å². The molecular formula is C16H20F2N2S. The van der Waals surface area contributed by atoms with Gasteiger partial charge >= 0.3 is 0 Å². The van der Waals surface area contributed by atoms with Crippen molar-refractivity contribution >= 4 is 11.3 Å². The van der Waals surface area contributed by atoms with Gasteiger partial charge in [-0.1, -0.05) is 18.2 Å². The molecule has 0 spiro atoms. The van der Waals surface area contributed by atoms with Crippen LogP contribution in [0.25, 0.3) is 0 Å². The fourth-order valence-electron chi connectivity index (χ4n) is 2.45. The van der Waals surface area contributed by atoms with Crippen LogP contribution in [-0.4, -0.2) is 17.5 Å². The van der Waals surface area contributed by atoms with Crippen LogP contribution in [0.3, 0.4) is 0 Å². The Balaban J connectivity index is 2.33. The summed E-state index contributed by atoms with van der Waals surface area (Å²) in [5, 5.41) is 2.01. The molecule has 5 heteroatoms. The number of hydrogen-bond acceptors (Lipinski definition) is 3. The highest BCUT2D eigenvalue weighted by atomic mass is 32.1. The van der Waals surface area contributed by atoms with E-state index in [1.165, 1.54) is 10.9 Å². The molecule has 1 aromatic carbocycles. The number of rotatable bonds is 6. The molecule has 2 N–H and O–H groups in total. The van der Waals surface area contributed by atoms with Crippen molar-refractivity contribution in [3.8, 4) is 0 Å². The molecule has 0 radical (unpaired) electrons. The summed E-state index contributed by atoms with van der Waals surface area (Å²) < 4.78 is 27.6. The lowest BCUT2D eigenvalue weighted by Gasteiger charge is -2.34. The van der Waals surface area contributed by atoms with Gasteiger partial charge in [-0.2, -0.15) is 0 Å². The van der Waals surface area contributed by atoms with Crippen molar-refractivity contribution in [1.82, 2.24) is 4.90 Å². The van der Waals surface area contributed by atoms with Gasteiger partial charge in [0.1, 0.15) is 0 Å². The van der Waals surface area contributed by atoms with Crippen molar-refractivity contribution in [3.63, 3.8) is 0 Å². The van der Waals surface area contributed by atoms with Crippen molar-refractivity contribution in [3.05, 3.63) is 57.8 Å². The van der Waals surface area contributed by atoms with Crippen LogP contribution in [0.5, 0.6) is 0 Å². The highest BCUT2D eigenvalue weighted by Crippen LogP contribution is 2.28. The SMILES string of the molecule is CC(C)N(Cc1cccs1)C(CN)c1cccc(F)c1F. The Morgan fingerprint density at radius 3 is 2.52 bits per heavy atom. The molecule has 0 aliphatic heterocycles. The molecule has 21 heavy (non-hydrogen) atoms. The molecule has 2 nitrogen and oxygen atoms in total. The molecule has 0 saturated heterocycles. The molecule has 1 atom stereocenters. The van der Waals surface area contributed by atoms with E-state index in [2.05, 4.69) is 4.90 Å². The summed E-state index contributed by atoms with van der Waals surface area (Å²) in [4.78, 5) is 3.28. The molecule has 0 aliphatic carbocycles. The van der Waals surface area contributed by atoms with Gasteiger partial charge in [-0.3, -0.25) is 4.90 Å². The molecule has 1 aromatic heterocycles. The first kappa shape index (κ1) is 16.1. The maximum absolute atomic E-state index is 14.1. The second-order valence-corrected chi connectivity index (χ2v) is 6.27. The number of benzene rings is 1. The minimum atomic E-state index is -0.828. The number of nitrogens with zero attached hydrogens (tertiary/aromatic N) is 1. The smallest absolute Gasteiger partial charge is 0.163 e. The van der Waals surface area contributed by atoms with Crippen LogP contribution in [0, 0.1) is 11.6 Å². The van der Waals surface area contributed by atoms with Gasteiger partial charge in [-0.15, -0.1) is 11.3 Å². The van der Waals surface area contributed by atoms with Crippen LogP contribution in [0.1, 0.15) is 30.3 Å². The third-order valence-electron chi connectivity index (χ3n) is 3.55. The summed E-state index contributed by atoms with van der Waals surface area (Å²) in [6.07, 6.45) is 0. The van der Waals surface area contributed by atoms with Gasteiger partial charge in [0.05, 0.1) is 6.04 Å². The number of thiophene rings is 1. The van der Waals surface area contributed by atoms with Gasteiger partial charge in [0, 0.05) is 29.6 Å². The van der Waals surface area contributed by atoms with Gasteiger partial charge in [0.2, 0.25) is 0 Å². The van der Waals surface area contributed by atoms with Crippen molar-refractivity contribution in [2.45, 2.75) is 32.5 Å². The molecule has 2 aromatic rings. The Bertz CT molecular complexity index is 570. The Morgan fingerprint density at radius 1 is 1.19 bits per heavy atom. The van der Waals surface area contributed by atoms with E-state index in [1.807, 2.05) is 31.4 Å². The lowest BCUT2D eigenvalue weighted by atomic mass is 10.0. The molecule has 1 unspecified atom stereocenters. The standard InChI is InChI=1S/C16H20F2N2S/c1-11(2)20(10-12-5-4-8-21-12)15(9-19)13-6-3-7-14(17)16(13)18/h3-8,11,15H,9-10,19H2,1-2H3. The largest absolute Gasteiger partial charge is 0.329 e. The zero-order valence-electron chi connectivity index (χ0n) is 12.2. The number of halogens is 2. The fourth-order valence-corrected chi connectivity index (χ4v) is 3.17. The van der Waals surface area contributed by atoms with Gasteiger partial charge in [-0.25, -0.2) is 8.78 Å². The van der Waals surface area contributed by atoms with Gasteiger partial charge < -0.3 is 5.73 Å². The molecule has 0 fully saturated rings. The quantitative estimate of drug-likeness (QED) is 0.876. The maximum atomic E-state index is 14.1. The fraction of sp³-hybridized carbons (Fsp3) is 0.375. The van der Waals surface area contributed by atoms with Crippen LogP contribution in [0.15, 0.2) is 35.7 Å².